The van der Waals surface area contributed by atoms with Gasteiger partial charge in [0.1, 0.15) is 0 Å². The molecule has 0 aromatic rings. The summed E-state index contributed by atoms with van der Waals surface area (Å²) in [4.78, 5) is 15.8. The molecule has 0 spiro atoms. The number of aliphatic imine (C=N–C) groups is 1. The molecule has 1 amide bonds. The van der Waals surface area contributed by atoms with E-state index in [1.54, 1.807) is 11.8 Å². The van der Waals surface area contributed by atoms with Crippen LogP contribution in [0, 0.1) is 0 Å². The first-order valence-corrected chi connectivity index (χ1v) is 6.06. The Kier molecular flexibility index (Phi) is 4.45. The molecule has 0 aromatic heterocycles. The van der Waals surface area contributed by atoms with Gasteiger partial charge in [-0.3, -0.25) is 9.79 Å². The van der Waals surface area contributed by atoms with Crippen LogP contribution < -0.4 is 5.32 Å². The van der Waals surface area contributed by atoms with Crippen molar-refractivity contribution in [1.82, 2.24) is 5.32 Å². The van der Waals surface area contributed by atoms with Gasteiger partial charge >= 0.3 is 0 Å². The number of hydrogen-bond acceptors (Lipinski definition) is 3. The number of unbranched alkanes of at least 4 members (excludes halogenated alkanes) is 1. The number of carbonyl (C=O) groups is 1. The third-order valence-electron chi connectivity index (χ3n) is 1.97. The molecule has 0 aromatic carbocycles. The minimum atomic E-state index is 0.0902. The lowest BCUT2D eigenvalue weighted by atomic mass is 10.2. The molecule has 4 heteroatoms. The first-order valence-electron chi connectivity index (χ1n) is 5.18. The first-order chi connectivity index (χ1) is 6.63. The van der Waals surface area contributed by atoms with Crippen LogP contribution in [-0.2, 0) is 4.79 Å². The van der Waals surface area contributed by atoms with Gasteiger partial charge in [-0.1, -0.05) is 31.5 Å². The summed E-state index contributed by atoms with van der Waals surface area (Å²) in [6.45, 7) is 6.17. The second-order valence-corrected chi connectivity index (χ2v) is 4.96. The fourth-order valence-electron chi connectivity index (χ4n) is 1.28. The van der Waals surface area contributed by atoms with E-state index >= 15 is 0 Å². The number of amidine groups is 1. The van der Waals surface area contributed by atoms with Gasteiger partial charge < -0.3 is 5.32 Å². The number of rotatable bonds is 4. The molecule has 0 saturated carbocycles. The normalized spacial score (nSPS) is 24.7. The van der Waals surface area contributed by atoms with Gasteiger partial charge in [-0.25, -0.2) is 0 Å². The van der Waals surface area contributed by atoms with Gasteiger partial charge in [0, 0.05) is 6.04 Å². The molecular formula is C10H18N2OS. The van der Waals surface area contributed by atoms with Crippen LogP contribution in [0.5, 0.6) is 0 Å². The molecule has 1 atom stereocenters. The molecule has 0 aliphatic carbocycles. The molecule has 14 heavy (non-hydrogen) atoms. The fraction of sp³-hybridized carbons (Fsp3) is 0.800. The summed E-state index contributed by atoms with van der Waals surface area (Å²) in [6, 6.07) is 0.253. The average molecular weight is 214 g/mol. The van der Waals surface area contributed by atoms with E-state index in [0.29, 0.717) is 0 Å². The lowest BCUT2D eigenvalue weighted by Crippen LogP contribution is -2.25. The quantitative estimate of drug-likeness (QED) is 0.779. The predicted molar refractivity (Wildman–Crippen MR) is 61.6 cm³/mol. The van der Waals surface area contributed by atoms with E-state index in [9.17, 15) is 4.79 Å². The molecule has 1 fully saturated rings. The van der Waals surface area contributed by atoms with Crippen molar-refractivity contribution in [3.63, 3.8) is 0 Å². The summed E-state index contributed by atoms with van der Waals surface area (Å²) in [5.74, 6) is 0.128. The summed E-state index contributed by atoms with van der Waals surface area (Å²) in [5.41, 5.74) is 0. The number of carbonyl (C=O) groups excluding carboxylic acids is 1. The highest BCUT2D eigenvalue weighted by molar-refractivity contribution is 8.15. The molecule has 1 aliphatic rings. The van der Waals surface area contributed by atoms with Crippen LogP contribution in [0.1, 0.15) is 40.0 Å². The van der Waals surface area contributed by atoms with Crippen LogP contribution in [0.25, 0.3) is 0 Å². The molecule has 1 aliphatic heterocycles. The largest absolute Gasteiger partial charge is 0.304 e. The van der Waals surface area contributed by atoms with E-state index in [1.807, 2.05) is 13.8 Å². The van der Waals surface area contributed by atoms with Crippen molar-refractivity contribution < 1.29 is 4.79 Å². The maximum absolute atomic E-state index is 11.5. The molecule has 0 radical (unpaired) electrons. The number of nitrogens with one attached hydrogen (secondary N) is 1. The SMILES string of the molecule is CCCCC1SC(=NC(C)C)NC1=O. The lowest BCUT2D eigenvalue weighted by Gasteiger charge is -2.02. The highest BCUT2D eigenvalue weighted by Crippen LogP contribution is 2.24. The Morgan fingerprint density at radius 2 is 2.29 bits per heavy atom. The van der Waals surface area contributed by atoms with Gasteiger partial charge in [0.2, 0.25) is 5.91 Å². The molecular weight excluding hydrogens is 196 g/mol. The van der Waals surface area contributed by atoms with Gasteiger partial charge in [0.15, 0.2) is 5.17 Å². The minimum absolute atomic E-state index is 0.0902. The Bertz CT molecular complexity index is 238. The maximum Gasteiger partial charge on any atom is 0.239 e. The Morgan fingerprint density at radius 3 is 2.86 bits per heavy atom. The van der Waals surface area contributed by atoms with Crippen LogP contribution in [0.3, 0.4) is 0 Å². The predicted octanol–water partition coefficient (Wildman–Crippen LogP) is 2.17. The Labute approximate surface area is 89.7 Å². The van der Waals surface area contributed by atoms with Crippen LogP contribution in [0.15, 0.2) is 4.99 Å². The number of nitrogens with zero attached hydrogens (tertiary/aromatic N) is 1. The molecule has 1 heterocycles. The van der Waals surface area contributed by atoms with E-state index in [2.05, 4.69) is 17.2 Å². The first kappa shape index (κ1) is 11.6. The van der Waals surface area contributed by atoms with Crippen molar-refractivity contribution in [2.45, 2.75) is 51.3 Å². The van der Waals surface area contributed by atoms with Crippen molar-refractivity contribution >= 4 is 22.8 Å². The fourth-order valence-corrected chi connectivity index (χ4v) is 2.43. The van der Waals surface area contributed by atoms with Crippen LogP contribution in [0.2, 0.25) is 0 Å². The summed E-state index contributed by atoms with van der Waals surface area (Å²) in [7, 11) is 0. The second-order valence-electron chi connectivity index (χ2n) is 3.77. The van der Waals surface area contributed by atoms with Gasteiger partial charge in [-0.05, 0) is 20.3 Å². The Hall–Kier alpha value is -0.510. The zero-order chi connectivity index (χ0) is 10.6. The van der Waals surface area contributed by atoms with Crippen molar-refractivity contribution in [3.05, 3.63) is 0 Å². The maximum atomic E-state index is 11.5. The standard InChI is InChI=1S/C10H18N2OS/c1-4-5-6-8-9(13)12-10(14-8)11-7(2)3/h7-8H,4-6H2,1-3H3,(H,11,12,13). The monoisotopic (exact) mass is 214 g/mol. The third-order valence-corrected chi connectivity index (χ3v) is 3.14. The van der Waals surface area contributed by atoms with E-state index in [0.717, 1.165) is 24.4 Å². The van der Waals surface area contributed by atoms with Crippen LogP contribution >= 0.6 is 11.8 Å². The summed E-state index contributed by atoms with van der Waals surface area (Å²) >= 11 is 1.58. The van der Waals surface area contributed by atoms with Gasteiger partial charge in [-0.15, -0.1) is 0 Å². The number of amides is 1. The molecule has 1 rings (SSSR count). The molecule has 1 unspecified atom stereocenters. The van der Waals surface area contributed by atoms with E-state index < -0.39 is 0 Å². The molecule has 1 saturated heterocycles. The summed E-state index contributed by atoms with van der Waals surface area (Å²) in [5, 5.41) is 3.71. The van der Waals surface area contributed by atoms with Gasteiger partial charge in [-0.2, -0.15) is 0 Å². The molecule has 1 N–H and O–H groups in total. The molecule has 80 valence electrons. The smallest absolute Gasteiger partial charge is 0.239 e. The highest BCUT2D eigenvalue weighted by Gasteiger charge is 2.29. The number of thioether (sulfide) groups is 1. The number of hydrogen-bond donors (Lipinski definition) is 1. The molecule has 3 nitrogen and oxygen atoms in total. The second kappa shape index (κ2) is 5.39. The zero-order valence-corrected chi connectivity index (χ0v) is 9.86. The van der Waals surface area contributed by atoms with Crippen LogP contribution in [-0.4, -0.2) is 22.4 Å². The minimum Gasteiger partial charge on any atom is -0.304 e. The van der Waals surface area contributed by atoms with Gasteiger partial charge in [0.25, 0.3) is 0 Å². The van der Waals surface area contributed by atoms with Crippen molar-refractivity contribution in [1.29, 1.82) is 0 Å². The van der Waals surface area contributed by atoms with E-state index in [4.69, 9.17) is 0 Å². The van der Waals surface area contributed by atoms with E-state index in [1.165, 1.54) is 0 Å². The Morgan fingerprint density at radius 1 is 1.57 bits per heavy atom. The topological polar surface area (TPSA) is 41.5 Å². The Balaban J connectivity index is 2.47. The molecule has 0 bridgehead atoms. The van der Waals surface area contributed by atoms with Crippen molar-refractivity contribution in [3.8, 4) is 0 Å². The van der Waals surface area contributed by atoms with E-state index in [-0.39, 0.29) is 17.2 Å². The third kappa shape index (κ3) is 3.33. The van der Waals surface area contributed by atoms with Crippen molar-refractivity contribution in [2.75, 3.05) is 0 Å². The zero-order valence-electron chi connectivity index (χ0n) is 9.04. The van der Waals surface area contributed by atoms with Crippen molar-refractivity contribution in [2.24, 2.45) is 4.99 Å². The van der Waals surface area contributed by atoms with Crippen LogP contribution in [0.4, 0.5) is 0 Å². The summed E-state index contributed by atoms with van der Waals surface area (Å²) in [6.07, 6.45) is 3.21. The average Bonchev–Trinajstić information content (AvgIpc) is 2.41. The highest BCUT2D eigenvalue weighted by atomic mass is 32.2. The summed E-state index contributed by atoms with van der Waals surface area (Å²) < 4.78 is 0. The van der Waals surface area contributed by atoms with Gasteiger partial charge in [0.05, 0.1) is 5.25 Å². The lowest BCUT2D eigenvalue weighted by molar-refractivity contribution is -0.118.